The van der Waals surface area contributed by atoms with E-state index in [2.05, 4.69) is 24.0 Å². The lowest BCUT2D eigenvalue weighted by Crippen LogP contribution is -2.42. The van der Waals surface area contributed by atoms with Gasteiger partial charge in [-0.3, -0.25) is 4.90 Å². The van der Waals surface area contributed by atoms with E-state index >= 15 is 0 Å². The van der Waals surface area contributed by atoms with Crippen molar-refractivity contribution < 1.29 is 16.8 Å². The highest BCUT2D eigenvalue weighted by atomic mass is 32.2. The number of sulfonamides is 2. The van der Waals surface area contributed by atoms with E-state index in [0.29, 0.717) is 26.2 Å². The van der Waals surface area contributed by atoms with Crippen LogP contribution in [0.15, 0.2) is 64.4 Å². The van der Waals surface area contributed by atoms with Crippen LogP contribution in [0.4, 0.5) is 0 Å². The number of hydrogen-bond donors (Lipinski definition) is 0. The van der Waals surface area contributed by atoms with Gasteiger partial charge in [0, 0.05) is 44.8 Å². The van der Waals surface area contributed by atoms with Gasteiger partial charge in [-0.2, -0.15) is 8.61 Å². The Balaban J connectivity index is 1.50. The molecular weight excluding hydrogens is 458 g/mol. The van der Waals surface area contributed by atoms with E-state index in [1.807, 2.05) is 25.1 Å². The molecule has 7 nitrogen and oxygen atoms in total. The van der Waals surface area contributed by atoms with Crippen LogP contribution in [0, 0.1) is 0 Å². The highest BCUT2D eigenvalue weighted by molar-refractivity contribution is 7.89. The van der Waals surface area contributed by atoms with Gasteiger partial charge in [-0.25, -0.2) is 16.8 Å². The van der Waals surface area contributed by atoms with Gasteiger partial charge in [-0.05, 0) is 56.0 Å². The highest BCUT2D eigenvalue weighted by Crippen LogP contribution is 2.30. The molecular formula is C24H33N3O4S2. The zero-order valence-electron chi connectivity index (χ0n) is 19.3. The van der Waals surface area contributed by atoms with Crippen molar-refractivity contribution >= 4 is 20.0 Å². The van der Waals surface area contributed by atoms with Crippen molar-refractivity contribution in [2.24, 2.45) is 0 Å². The minimum absolute atomic E-state index is 0.112. The van der Waals surface area contributed by atoms with Crippen LogP contribution in [-0.2, 0) is 20.0 Å². The topological polar surface area (TPSA) is 78.0 Å². The van der Waals surface area contributed by atoms with Crippen molar-refractivity contribution in [2.45, 2.75) is 55.0 Å². The second kappa shape index (κ2) is 9.84. The van der Waals surface area contributed by atoms with Crippen molar-refractivity contribution in [1.29, 1.82) is 0 Å². The van der Waals surface area contributed by atoms with Crippen LogP contribution < -0.4 is 0 Å². The molecule has 0 aromatic heterocycles. The van der Waals surface area contributed by atoms with Gasteiger partial charge in [-0.1, -0.05) is 37.3 Å². The van der Waals surface area contributed by atoms with E-state index in [1.165, 1.54) is 34.1 Å². The maximum absolute atomic E-state index is 13.5. The molecule has 0 amide bonds. The Morgan fingerprint density at radius 3 is 2.12 bits per heavy atom. The molecule has 180 valence electrons. The van der Waals surface area contributed by atoms with Crippen LogP contribution in [0.3, 0.4) is 0 Å². The molecule has 2 saturated heterocycles. The zero-order valence-corrected chi connectivity index (χ0v) is 20.9. The first-order valence-electron chi connectivity index (χ1n) is 11.7. The summed E-state index contributed by atoms with van der Waals surface area (Å²) in [5, 5.41) is 0. The number of hydrogen-bond acceptors (Lipinski definition) is 5. The molecule has 9 heteroatoms. The molecule has 0 radical (unpaired) electrons. The molecule has 2 atom stereocenters. The Bertz CT molecular complexity index is 1150. The second-order valence-corrected chi connectivity index (χ2v) is 12.6. The molecule has 2 aliphatic heterocycles. The largest absolute Gasteiger partial charge is 0.295 e. The van der Waals surface area contributed by atoms with Gasteiger partial charge in [0.05, 0.1) is 9.79 Å². The van der Waals surface area contributed by atoms with Crippen LogP contribution >= 0.6 is 0 Å². The zero-order chi connectivity index (χ0) is 23.6. The van der Waals surface area contributed by atoms with Gasteiger partial charge in [0.1, 0.15) is 0 Å². The minimum Gasteiger partial charge on any atom is -0.295 e. The van der Waals surface area contributed by atoms with E-state index in [0.717, 1.165) is 25.8 Å². The van der Waals surface area contributed by atoms with Gasteiger partial charge >= 0.3 is 0 Å². The molecule has 0 aliphatic carbocycles. The molecule has 2 aromatic carbocycles. The van der Waals surface area contributed by atoms with Crippen LogP contribution in [0.1, 0.15) is 44.7 Å². The predicted octanol–water partition coefficient (Wildman–Crippen LogP) is 3.32. The van der Waals surface area contributed by atoms with E-state index in [1.54, 1.807) is 4.31 Å². The Labute approximate surface area is 198 Å². The number of nitrogens with zero attached hydrogens (tertiary/aromatic N) is 3. The quantitative estimate of drug-likeness (QED) is 0.566. The highest BCUT2D eigenvalue weighted by Gasteiger charge is 2.36. The van der Waals surface area contributed by atoms with E-state index in [4.69, 9.17) is 0 Å². The van der Waals surface area contributed by atoms with Gasteiger partial charge in [0.2, 0.25) is 20.0 Å². The molecule has 33 heavy (non-hydrogen) atoms. The third kappa shape index (κ3) is 4.88. The first kappa shape index (κ1) is 24.3. The molecule has 2 heterocycles. The van der Waals surface area contributed by atoms with Crippen LogP contribution in [0.25, 0.3) is 0 Å². The fourth-order valence-electron chi connectivity index (χ4n) is 4.92. The number of likely N-dealkylation sites (tertiary alicyclic amines) is 1. The molecule has 0 N–H and O–H groups in total. The maximum atomic E-state index is 13.5. The monoisotopic (exact) mass is 491 g/mol. The molecule has 4 rings (SSSR count). The lowest BCUT2D eigenvalue weighted by molar-refractivity contribution is 0.239. The molecule has 2 fully saturated rings. The van der Waals surface area contributed by atoms with E-state index in [-0.39, 0.29) is 21.9 Å². The molecule has 0 saturated carbocycles. The summed E-state index contributed by atoms with van der Waals surface area (Å²) in [7, 11) is -7.30. The van der Waals surface area contributed by atoms with Crippen LogP contribution in [0.2, 0.25) is 0 Å². The van der Waals surface area contributed by atoms with Crippen molar-refractivity contribution in [3.05, 3.63) is 60.2 Å². The van der Waals surface area contributed by atoms with Gasteiger partial charge < -0.3 is 0 Å². The van der Waals surface area contributed by atoms with Crippen molar-refractivity contribution in [3.8, 4) is 0 Å². The lowest BCUT2D eigenvalue weighted by Gasteiger charge is -2.29. The van der Waals surface area contributed by atoms with E-state index in [9.17, 15) is 16.8 Å². The minimum atomic E-state index is -3.73. The summed E-state index contributed by atoms with van der Waals surface area (Å²) >= 11 is 0. The lowest BCUT2D eigenvalue weighted by atomic mass is 10.1. The fraction of sp³-hybridized carbons (Fsp3) is 0.500. The molecule has 0 bridgehead atoms. The third-order valence-corrected chi connectivity index (χ3v) is 10.8. The predicted molar refractivity (Wildman–Crippen MR) is 129 cm³/mol. The first-order chi connectivity index (χ1) is 15.7. The fourth-order valence-corrected chi connectivity index (χ4v) is 8.09. The van der Waals surface area contributed by atoms with Crippen molar-refractivity contribution in [2.75, 3.05) is 32.7 Å². The summed E-state index contributed by atoms with van der Waals surface area (Å²) < 4.78 is 55.5. The third-order valence-electron chi connectivity index (χ3n) is 6.88. The smallest absolute Gasteiger partial charge is 0.243 e. The SMILES string of the molecule is CCN(C1CCN(C(C)c2ccccc2)C1)S(=O)(=O)c1ccc(S(=O)(=O)N2CCCC2)cc1. The summed E-state index contributed by atoms with van der Waals surface area (Å²) in [6.07, 6.45) is 2.49. The van der Waals surface area contributed by atoms with Crippen molar-refractivity contribution in [3.63, 3.8) is 0 Å². The molecule has 2 aliphatic rings. The summed E-state index contributed by atoms with van der Waals surface area (Å²) in [6, 6.07) is 16.1. The van der Waals surface area contributed by atoms with Gasteiger partial charge in [0.25, 0.3) is 0 Å². The molecule has 2 unspecified atom stereocenters. The summed E-state index contributed by atoms with van der Waals surface area (Å²) in [5.41, 5.74) is 1.22. The maximum Gasteiger partial charge on any atom is 0.243 e. The summed E-state index contributed by atoms with van der Waals surface area (Å²) in [6.45, 7) is 6.92. The van der Waals surface area contributed by atoms with Crippen LogP contribution in [0.5, 0.6) is 0 Å². The Morgan fingerprint density at radius 1 is 0.909 bits per heavy atom. The Morgan fingerprint density at radius 2 is 1.52 bits per heavy atom. The Kier molecular flexibility index (Phi) is 7.26. The summed E-state index contributed by atoms with van der Waals surface area (Å²) in [5.74, 6) is 0. The average Bonchev–Trinajstić information content (AvgIpc) is 3.53. The van der Waals surface area contributed by atoms with Gasteiger partial charge in [0.15, 0.2) is 0 Å². The first-order valence-corrected chi connectivity index (χ1v) is 14.5. The summed E-state index contributed by atoms with van der Waals surface area (Å²) in [4.78, 5) is 2.61. The van der Waals surface area contributed by atoms with Crippen LogP contribution in [-0.4, -0.2) is 69.1 Å². The molecule has 2 aromatic rings. The average molecular weight is 492 g/mol. The van der Waals surface area contributed by atoms with E-state index < -0.39 is 20.0 Å². The number of rotatable bonds is 8. The normalized spacial score (nSPS) is 21.6. The molecule has 0 spiro atoms. The Hall–Kier alpha value is -1.78. The number of likely N-dealkylation sites (N-methyl/N-ethyl adjacent to an activating group) is 1. The standard InChI is InChI=1S/C24H33N3O4S2/c1-3-27(22-15-18-25(19-22)20(2)21-9-5-4-6-10-21)33(30,31)24-13-11-23(12-14-24)32(28,29)26-16-7-8-17-26/h4-6,9-14,20,22H,3,7-8,15-19H2,1-2H3. The van der Waals surface area contributed by atoms with Crippen molar-refractivity contribution in [1.82, 2.24) is 13.5 Å². The second-order valence-electron chi connectivity index (χ2n) is 8.82. The van der Waals surface area contributed by atoms with Gasteiger partial charge in [-0.15, -0.1) is 0 Å². The number of benzene rings is 2.